The first-order chi connectivity index (χ1) is 17.5. The van der Waals surface area contributed by atoms with Gasteiger partial charge in [0, 0.05) is 16.0 Å². The Kier molecular flexibility index (Phi) is 11.1. The van der Waals surface area contributed by atoms with Gasteiger partial charge in [0.15, 0.2) is 5.84 Å². The molecule has 0 radical (unpaired) electrons. The van der Waals surface area contributed by atoms with E-state index in [1.54, 1.807) is 12.1 Å². The molecule has 3 rings (SSSR count). The van der Waals surface area contributed by atoms with Crippen LogP contribution in [0.3, 0.4) is 0 Å². The van der Waals surface area contributed by atoms with Gasteiger partial charge < -0.3 is 20.4 Å². The molecule has 0 atom stereocenters. The molecule has 3 N–H and O–H groups in total. The molecule has 0 saturated carbocycles. The van der Waals surface area contributed by atoms with Crippen LogP contribution in [0.5, 0.6) is 11.5 Å². The molecular formula is C29H39N3O3S. The summed E-state index contributed by atoms with van der Waals surface area (Å²) in [5, 5.41) is 13.0. The summed E-state index contributed by atoms with van der Waals surface area (Å²) < 4.78 is 11.7. The molecule has 2 aromatic carbocycles. The summed E-state index contributed by atoms with van der Waals surface area (Å²) >= 11 is 1.87. The summed E-state index contributed by atoms with van der Waals surface area (Å²) in [5.41, 5.74) is 8.53. The lowest BCUT2D eigenvalue weighted by Crippen LogP contribution is -2.12. The van der Waals surface area contributed by atoms with Crippen molar-refractivity contribution in [2.45, 2.75) is 71.6 Å². The second-order valence-corrected chi connectivity index (χ2v) is 10.3. The van der Waals surface area contributed by atoms with E-state index in [1.807, 2.05) is 23.5 Å². The Balaban J connectivity index is 1.39. The molecule has 36 heavy (non-hydrogen) atoms. The predicted molar refractivity (Wildman–Crippen MR) is 149 cm³/mol. The molecule has 6 nitrogen and oxygen atoms in total. The van der Waals surface area contributed by atoms with Crippen LogP contribution in [0.4, 0.5) is 0 Å². The van der Waals surface area contributed by atoms with Gasteiger partial charge in [-0.2, -0.15) is 0 Å². The highest BCUT2D eigenvalue weighted by molar-refractivity contribution is 7.12. The van der Waals surface area contributed by atoms with Crippen molar-refractivity contribution in [3.63, 3.8) is 0 Å². The lowest BCUT2D eigenvalue weighted by atomic mass is 10.1. The number of rotatable bonds is 15. The summed E-state index contributed by atoms with van der Waals surface area (Å²) in [6, 6.07) is 15.6. The summed E-state index contributed by atoms with van der Waals surface area (Å²) in [5.74, 6) is 2.22. The minimum atomic E-state index is 0.0894. The van der Waals surface area contributed by atoms with E-state index in [0.29, 0.717) is 24.7 Å². The molecule has 0 bridgehead atoms. The van der Waals surface area contributed by atoms with Crippen molar-refractivity contribution in [1.82, 2.24) is 4.98 Å². The number of benzene rings is 2. The minimum Gasteiger partial charge on any atom is -0.494 e. The van der Waals surface area contributed by atoms with Gasteiger partial charge in [0.1, 0.15) is 11.5 Å². The largest absolute Gasteiger partial charge is 0.494 e. The van der Waals surface area contributed by atoms with Crippen LogP contribution in [0.25, 0.3) is 11.3 Å². The molecule has 0 aliphatic rings. The Morgan fingerprint density at radius 1 is 0.917 bits per heavy atom. The molecule has 194 valence electrons. The molecule has 0 unspecified atom stereocenters. The summed E-state index contributed by atoms with van der Waals surface area (Å²) in [6.07, 6.45) is 7.73. The third kappa shape index (κ3) is 8.26. The maximum Gasteiger partial charge on any atom is 0.170 e. The third-order valence-corrected chi connectivity index (χ3v) is 7.34. The van der Waals surface area contributed by atoms with E-state index in [1.165, 1.54) is 34.7 Å². The van der Waals surface area contributed by atoms with Gasteiger partial charge in [-0.15, -0.1) is 11.3 Å². The van der Waals surface area contributed by atoms with Crippen LogP contribution >= 0.6 is 11.3 Å². The highest BCUT2D eigenvalue weighted by Gasteiger charge is 2.16. The SMILES string of the molecule is CCCCCc1nc(-c2ccc(OCCCCCOc3ccc(/C(N)=N/O)cc3)cc2)c(C(C)C)s1. The third-order valence-electron chi connectivity index (χ3n) is 5.93. The van der Waals surface area contributed by atoms with Crippen molar-refractivity contribution in [2.75, 3.05) is 13.2 Å². The number of nitrogens with zero attached hydrogens (tertiary/aromatic N) is 2. The molecule has 1 heterocycles. The molecule has 0 spiro atoms. The Hall–Kier alpha value is -3.06. The molecule has 0 aliphatic heterocycles. The van der Waals surface area contributed by atoms with E-state index in [0.717, 1.165) is 42.9 Å². The zero-order valence-electron chi connectivity index (χ0n) is 21.7. The predicted octanol–water partition coefficient (Wildman–Crippen LogP) is 7.39. The van der Waals surface area contributed by atoms with Crippen molar-refractivity contribution < 1.29 is 14.7 Å². The summed E-state index contributed by atoms with van der Waals surface area (Å²) in [6.45, 7) is 8.06. The molecule has 1 aromatic heterocycles. The van der Waals surface area contributed by atoms with Gasteiger partial charge in [-0.1, -0.05) is 38.8 Å². The van der Waals surface area contributed by atoms with Crippen LogP contribution in [0, 0.1) is 0 Å². The van der Waals surface area contributed by atoms with E-state index in [2.05, 4.69) is 50.2 Å². The number of thiazole rings is 1. The van der Waals surface area contributed by atoms with Crippen LogP contribution in [0.1, 0.15) is 80.7 Å². The van der Waals surface area contributed by atoms with E-state index >= 15 is 0 Å². The summed E-state index contributed by atoms with van der Waals surface area (Å²) in [4.78, 5) is 6.36. The molecule has 3 aromatic rings. The van der Waals surface area contributed by atoms with Crippen LogP contribution in [0.2, 0.25) is 0 Å². The topological polar surface area (TPSA) is 90.0 Å². The van der Waals surface area contributed by atoms with Crippen molar-refractivity contribution in [2.24, 2.45) is 10.9 Å². The fourth-order valence-corrected chi connectivity index (χ4v) is 4.99. The number of aryl methyl sites for hydroxylation is 1. The van der Waals surface area contributed by atoms with E-state index in [-0.39, 0.29) is 5.84 Å². The number of amidine groups is 1. The van der Waals surface area contributed by atoms with Crippen LogP contribution in [0.15, 0.2) is 53.7 Å². The smallest absolute Gasteiger partial charge is 0.170 e. The fourth-order valence-electron chi connectivity index (χ4n) is 3.86. The second kappa shape index (κ2) is 14.5. The Bertz CT molecular complexity index is 1080. The van der Waals surface area contributed by atoms with Gasteiger partial charge in [0.05, 0.1) is 23.9 Å². The summed E-state index contributed by atoms with van der Waals surface area (Å²) in [7, 11) is 0. The number of aromatic nitrogens is 1. The average molecular weight is 510 g/mol. The Morgan fingerprint density at radius 3 is 2.08 bits per heavy atom. The van der Waals surface area contributed by atoms with Crippen molar-refractivity contribution in [3.05, 3.63) is 64.0 Å². The number of oxime groups is 1. The van der Waals surface area contributed by atoms with Gasteiger partial charge in [-0.25, -0.2) is 4.98 Å². The quantitative estimate of drug-likeness (QED) is 0.0733. The number of hydrogen-bond acceptors (Lipinski definition) is 6. The van der Waals surface area contributed by atoms with Gasteiger partial charge in [-0.3, -0.25) is 0 Å². The zero-order chi connectivity index (χ0) is 25.8. The van der Waals surface area contributed by atoms with Gasteiger partial charge in [0.25, 0.3) is 0 Å². The van der Waals surface area contributed by atoms with Gasteiger partial charge >= 0.3 is 0 Å². The van der Waals surface area contributed by atoms with E-state index in [9.17, 15) is 0 Å². The average Bonchev–Trinajstić information content (AvgIpc) is 3.33. The number of unbranched alkanes of at least 4 members (excludes halogenated alkanes) is 4. The molecule has 0 saturated heterocycles. The fraction of sp³-hybridized carbons (Fsp3) is 0.448. The standard InChI is InChI=1S/C29H39N3O3S/c1-4-5-7-10-26-31-27(28(36-26)21(2)3)22-11-15-24(16-12-22)34-19-8-6-9-20-35-25-17-13-23(14-18-25)29(30)32-33/h11-18,21,33H,4-10,19-20H2,1-3H3,(H2,30,32). The Morgan fingerprint density at radius 2 is 1.53 bits per heavy atom. The molecule has 0 fully saturated rings. The van der Waals surface area contributed by atoms with E-state index in [4.69, 9.17) is 25.4 Å². The van der Waals surface area contributed by atoms with Crippen molar-refractivity contribution in [1.29, 1.82) is 0 Å². The van der Waals surface area contributed by atoms with Crippen LogP contribution < -0.4 is 15.2 Å². The van der Waals surface area contributed by atoms with E-state index < -0.39 is 0 Å². The first-order valence-corrected chi connectivity index (χ1v) is 13.8. The molecule has 0 aliphatic carbocycles. The normalized spacial score (nSPS) is 11.7. The van der Waals surface area contributed by atoms with Crippen LogP contribution in [-0.2, 0) is 6.42 Å². The Labute approximate surface area is 219 Å². The lowest BCUT2D eigenvalue weighted by Gasteiger charge is -2.09. The van der Waals surface area contributed by atoms with Gasteiger partial charge in [-0.05, 0) is 86.6 Å². The molecule has 7 heteroatoms. The number of hydrogen-bond donors (Lipinski definition) is 2. The highest BCUT2D eigenvalue weighted by Crippen LogP contribution is 2.35. The maximum atomic E-state index is 8.71. The zero-order valence-corrected chi connectivity index (χ0v) is 22.5. The molecular weight excluding hydrogens is 470 g/mol. The monoisotopic (exact) mass is 509 g/mol. The lowest BCUT2D eigenvalue weighted by molar-refractivity contribution is 0.279. The second-order valence-electron chi connectivity index (χ2n) is 9.22. The van der Waals surface area contributed by atoms with Crippen molar-refractivity contribution in [3.8, 4) is 22.8 Å². The first kappa shape index (κ1) is 27.5. The van der Waals surface area contributed by atoms with Crippen molar-refractivity contribution >= 4 is 17.2 Å². The minimum absolute atomic E-state index is 0.0894. The van der Waals surface area contributed by atoms with Gasteiger partial charge in [0.2, 0.25) is 0 Å². The molecule has 0 amide bonds. The number of nitrogens with two attached hydrogens (primary N) is 1. The maximum absolute atomic E-state index is 8.71. The number of ether oxygens (including phenoxy) is 2. The van der Waals surface area contributed by atoms with Crippen LogP contribution in [-0.4, -0.2) is 29.2 Å². The highest BCUT2D eigenvalue weighted by atomic mass is 32.1. The first-order valence-electron chi connectivity index (χ1n) is 13.0.